The topological polar surface area (TPSA) is 74.3 Å². The van der Waals surface area contributed by atoms with Crippen LogP contribution in [-0.4, -0.2) is 40.8 Å². The number of likely N-dealkylation sites (tertiary alicyclic amines) is 1. The van der Waals surface area contributed by atoms with Crippen LogP contribution >= 0.6 is 0 Å². The van der Waals surface area contributed by atoms with Crippen LogP contribution < -0.4 is 10.6 Å². The number of nitrogens with zero attached hydrogens (tertiary/aromatic N) is 2. The first-order valence-corrected chi connectivity index (χ1v) is 10.9. The molecule has 2 N–H and O–H groups in total. The van der Waals surface area contributed by atoms with Gasteiger partial charge in [0, 0.05) is 36.6 Å². The number of carbonyl (C=O) groups excluding carboxylic acids is 2. The molecule has 1 saturated heterocycles. The van der Waals surface area contributed by atoms with E-state index < -0.39 is 0 Å². The zero-order valence-corrected chi connectivity index (χ0v) is 17.6. The lowest BCUT2D eigenvalue weighted by molar-refractivity contribution is -0.127. The molecule has 0 spiro atoms. The number of hydrogen-bond donors (Lipinski definition) is 2. The van der Waals surface area contributed by atoms with Crippen LogP contribution in [-0.2, 0) is 11.3 Å². The van der Waals surface area contributed by atoms with Crippen LogP contribution in [0.5, 0.6) is 0 Å². The van der Waals surface area contributed by atoms with E-state index in [9.17, 15) is 9.59 Å². The number of rotatable bonds is 6. The molecule has 4 rings (SSSR count). The largest absolute Gasteiger partial charge is 0.353 e. The number of hydrogen-bond acceptors (Lipinski definition) is 4. The van der Waals surface area contributed by atoms with Crippen molar-refractivity contribution in [2.24, 2.45) is 5.92 Å². The van der Waals surface area contributed by atoms with Crippen molar-refractivity contribution in [3.8, 4) is 0 Å². The van der Waals surface area contributed by atoms with E-state index in [1.807, 2.05) is 31.2 Å². The number of nitrogens with one attached hydrogen (secondary N) is 2. The van der Waals surface area contributed by atoms with Gasteiger partial charge in [-0.05, 0) is 81.4 Å². The molecule has 2 fully saturated rings. The summed E-state index contributed by atoms with van der Waals surface area (Å²) >= 11 is 0. The lowest BCUT2D eigenvalue weighted by Crippen LogP contribution is -2.45. The van der Waals surface area contributed by atoms with Crippen LogP contribution in [0.2, 0.25) is 0 Å². The second-order valence-electron chi connectivity index (χ2n) is 8.59. The van der Waals surface area contributed by atoms with E-state index >= 15 is 0 Å². The zero-order chi connectivity index (χ0) is 20.9. The predicted molar refractivity (Wildman–Crippen MR) is 117 cm³/mol. The first kappa shape index (κ1) is 20.5. The summed E-state index contributed by atoms with van der Waals surface area (Å²) in [6, 6.07) is 10.2. The molecule has 30 heavy (non-hydrogen) atoms. The number of piperidine rings is 1. The standard InChI is InChI=1S/C24H30N4O2/c1-17-12-20(15-25-14-17)24(30)27-22-7-2-4-18(13-22)16-28-10-8-19(9-11-28)23(29)26-21-5-3-6-21/h2,4,7,12-15,19,21H,3,5-6,8-11,16H2,1H3,(H,26,29)(H,27,30). The van der Waals surface area contributed by atoms with Gasteiger partial charge in [0.2, 0.25) is 5.91 Å². The lowest BCUT2D eigenvalue weighted by atomic mass is 9.90. The van der Waals surface area contributed by atoms with Crippen molar-refractivity contribution in [1.82, 2.24) is 15.2 Å². The molecule has 6 heteroatoms. The lowest BCUT2D eigenvalue weighted by Gasteiger charge is -2.33. The number of aromatic nitrogens is 1. The summed E-state index contributed by atoms with van der Waals surface area (Å²) in [7, 11) is 0. The average Bonchev–Trinajstić information content (AvgIpc) is 2.71. The number of anilines is 1. The fourth-order valence-corrected chi connectivity index (χ4v) is 4.11. The van der Waals surface area contributed by atoms with Gasteiger partial charge in [0.25, 0.3) is 5.91 Å². The Bertz CT molecular complexity index is 902. The predicted octanol–water partition coefficient (Wildman–Crippen LogP) is 3.52. The summed E-state index contributed by atoms with van der Waals surface area (Å²) in [4.78, 5) is 31.3. The Morgan fingerprint density at radius 1 is 1.10 bits per heavy atom. The Kier molecular flexibility index (Phi) is 6.43. The first-order chi connectivity index (χ1) is 14.6. The van der Waals surface area contributed by atoms with E-state index in [2.05, 4.69) is 26.6 Å². The van der Waals surface area contributed by atoms with E-state index in [1.165, 1.54) is 6.42 Å². The minimum Gasteiger partial charge on any atom is -0.353 e. The highest BCUT2D eigenvalue weighted by molar-refractivity contribution is 6.04. The third-order valence-corrected chi connectivity index (χ3v) is 6.14. The molecule has 2 amide bonds. The molecule has 158 valence electrons. The average molecular weight is 407 g/mol. The highest BCUT2D eigenvalue weighted by Gasteiger charge is 2.28. The van der Waals surface area contributed by atoms with E-state index in [0.717, 1.165) is 62.1 Å². The monoisotopic (exact) mass is 406 g/mol. The van der Waals surface area contributed by atoms with E-state index in [-0.39, 0.29) is 17.7 Å². The molecule has 1 aromatic carbocycles. The van der Waals surface area contributed by atoms with Crippen molar-refractivity contribution in [2.45, 2.75) is 51.6 Å². The van der Waals surface area contributed by atoms with Crippen LogP contribution in [0.1, 0.15) is 53.6 Å². The van der Waals surface area contributed by atoms with Crippen molar-refractivity contribution < 1.29 is 9.59 Å². The molecule has 6 nitrogen and oxygen atoms in total. The Morgan fingerprint density at radius 3 is 2.60 bits per heavy atom. The molecule has 2 heterocycles. The Labute approximate surface area is 178 Å². The quantitative estimate of drug-likeness (QED) is 0.770. The third kappa shape index (κ3) is 5.25. The molecule has 1 aliphatic carbocycles. The zero-order valence-electron chi connectivity index (χ0n) is 17.6. The van der Waals surface area contributed by atoms with Gasteiger partial charge in [-0.3, -0.25) is 19.5 Å². The van der Waals surface area contributed by atoms with Crippen molar-refractivity contribution >= 4 is 17.5 Å². The molecule has 0 unspecified atom stereocenters. The molecule has 2 aliphatic rings. The molecule has 1 aliphatic heterocycles. The van der Waals surface area contributed by atoms with Crippen LogP contribution in [0.3, 0.4) is 0 Å². The molecule has 0 bridgehead atoms. The van der Waals surface area contributed by atoms with Gasteiger partial charge in [-0.1, -0.05) is 12.1 Å². The molecular weight excluding hydrogens is 376 g/mol. The van der Waals surface area contributed by atoms with Crippen LogP contribution in [0.25, 0.3) is 0 Å². The molecule has 0 atom stereocenters. The van der Waals surface area contributed by atoms with Crippen LogP contribution in [0.4, 0.5) is 5.69 Å². The fourth-order valence-electron chi connectivity index (χ4n) is 4.11. The van der Waals surface area contributed by atoms with Gasteiger partial charge in [0.15, 0.2) is 0 Å². The maximum absolute atomic E-state index is 12.5. The van der Waals surface area contributed by atoms with Crippen molar-refractivity contribution in [2.75, 3.05) is 18.4 Å². The number of aryl methyl sites for hydroxylation is 1. The fraction of sp³-hybridized carbons (Fsp3) is 0.458. The summed E-state index contributed by atoms with van der Waals surface area (Å²) < 4.78 is 0. The second kappa shape index (κ2) is 9.39. The van der Waals surface area contributed by atoms with Crippen molar-refractivity contribution in [3.05, 3.63) is 59.4 Å². The summed E-state index contributed by atoms with van der Waals surface area (Å²) in [5.41, 5.74) is 3.46. The SMILES string of the molecule is Cc1cncc(C(=O)Nc2cccc(CN3CCC(C(=O)NC4CCC4)CC3)c2)c1. The summed E-state index contributed by atoms with van der Waals surface area (Å²) in [6.45, 7) is 4.60. The molecule has 2 aromatic rings. The third-order valence-electron chi connectivity index (χ3n) is 6.14. The van der Waals surface area contributed by atoms with Gasteiger partial charge in [0.1, 0.15) is 0 Å². The van der Waals surface area contributed by atoms with Gasteiger partial charge in [-0.15, -0.1) is 0 Å². The van der Waals surface area contributed by atoms with Gasteiger partial charge in [-0.25, -0.2) is 0 Å². The minimum atomic E-state index is -0.151. The first-order valence-electron chi connectivity index (χ1n) is 10.9. The van der Waals surface area contributed by atoms with Gasteiger partial charge in [-0.2, -0.15) is 0 Å². The van der Waals surface area contributed by atoms with E-state index in [1.54, 1.807) is 12.4 Å². The van der Waals surface area contributed by atoms with Gasteiger partial charge < -0.3 is 10.6 Å². The minimum absolute atomic E-state index is 0.149. The maximum atomic E-state index is 12.5. The highest BCUT2D eigenvalue weighted by Crippen LogP contribution is 2.23. The van der Waals surface area contributed by atoms with Crippen molar-refractivity contribution in [1.29, 1.82) is 0 Å². The van der Waals surface area contributed by atoms with Gasteiger partial charge >= 0.3 is 0 Å². The van der Waals surface area contributed by atoms with E-state index in [0.29, 0.717) is 11.6 Å². The van der Waals surface area contributed by atoms with Gasteiger partial charge in [0.05, 0.1) is 5.56 Å². The Hall–Kier alpha value is -2.73. The molecular formula is C24H30N4O2. The summed E-state index contributed by atoms with van der Waals surface area (Å²) in [5.74, 6) is 0.242. The number of carbonyl (C=O) groups is 2. The van der Waals surface area contributed by atoms with Crippen LogP contribution in [0, 0.1) is 12.8 Å². The molecule has 1 saturated carbocycles. The van der Waals surface area contributed by atoms with Crippen LogP contribution in [0.15, 0.2) is 42.7 Å². The number of pyridine rings is 1. The number of amides is 2. The highest BCUT2D eigenvalue weighted by atomic mass is 16.2. The normalized spacial score (nSPS) is 17.9. The summed E-state index contributed by atoms with van der Waals surface area (Å²) in [5, 5.41) is 6.15. The van der Waals surface area contributed by atoms with Crippen molar-refractivity contribution in [3.63, 3.8) is 0 Å². The number of benzene rings is 1. The second-order valence-corrected chi connectivity index (χ2v) is 8.59. The molecule has 0 radical (unpaired) electrons. The van der Waals surface area contributed by atoms with E-state index in [4.69, 9.17) is 0 Å². The summed E-state index contributed by atoms with van der Waals surface area (Å²) in [6.07, 6.45) is 8.65. The Morgan fingerprint density at radius 2 is 1.90 bits per heavy atom. The maximum Gasteiger partial charge on any atom is 0.257 e. The Balaban J connectivity index is 1.28. The smallest absolute Gasteiger partial charge is 0.257 e. The molecule has 1 aromatic heterocycles.